The second kappa shape index (κ2) is 5.74. The van der Waals surface area contributed by atoms with Gasteiger partial charge >= 0.3 is 0 Å². The van der Waals surface area contributed by atoms with Crippen molar-refractivity contribution in [1.82, 2.24) is 0 Å². The Hall–Kier alpha value is -0.730. The molecule has 0 bridgehead atoms. The van der Waals surface area contributed by atoms with Crippen molar-refractivity contribution in [2.45, 2.75) is 45.3 Å². The van der Waals surface area contributed by atoms with Crippen LogP contribution >= 0.6 is 11.6 Å². The van der Waals surface area contributed by atoms with E-state index in [0.717, 1.165) is 30.1 Å². The Morgan fingerprint density at radius 3 is 2.94 bits per heavy atom. The summed E-state index contributed by atoms with van der Waals surface area (Å²) in [6, 6.07) is 5.69. The molecule has 1 aromatic rings. The largest absolute Gasteiger partial charge is 0.490 e. The van der Waals surface area contributed by atoms with Gasteiger partial charge in [-0.15, -0.1) is 0 Å². The topological polar surface area (TPSA) is 35.2 Å². The van der Waals surface area contributed by atoms with Crippen LogP contribution in [-0.4, -0.2) is 6.10 Å². The fourth-order valence-corrected chi connectivity index (χ4v) is 2.63. The van der Waals surface area contributed by atoms with Gasteiger partial charge in [-0.2, -0.15) is 0 Å². The fourth-order valence-electron chi connectivity index (χ4n) is 2.47. The van der Waals surface area contributed by atoms with Crippen LogP contribution in [0.1, 0.15) is 38.2 Å². The van der Waals surface area contributed by atoms with Crippen molar-refractivity contribution in [1.29, 1.82) is 0 Å². The third kappa shape index (κ3) is 3.36. The SMILES string of the molecule is CC1CCCC(Oc2cc(Cl)ccc2CN)C1. The standard InChI is InChI=1S/C14H20ClNO/c1-10-3-2-4-13(7-10)17-14-8-12(15)6-5-11(14)9-16/h5-6,8,10,13H,2-4,7,9,16H2,1H3. The van der Waals surface area contributed by atoms with Gasteiger partial charge in [0.25, 0.3) is 0 Å². The molecule has 0 amide bonds. The smallest absolute Gasteiger partial charge is 0.125 e. The molecule has 0 aromatic heterocycles. The van der Waals surface area contributed by atoms with Crippen LogP contribution in [0.3, 0.4) is 0 Å². The van der Waals surface area contributed by atoms with Gasteiger partial charge in [0.05, 0.1) is 6.10 Å². The highest BCUT2D eigenvalue weighted by Crippen LogP contribution is 2.30. The van der Waals surface area contributed by atoms with Crippen LogP contribution in [-0.2, 0) is 6.54 Å². The molecule has 1 fully saturated rings. The van der Waals surface area contributed by atoms with Crippen LogP contribution in [0, 0.1) is 5.92 Å². The molecular formula is C14H20ClNO. The number of hydrogen-bond donors (Lipinski definition) is 1. The van der Waals surface area contributed by atoms with Gasteiger partial charge < -0.3 is 10.5 Å². The van der Waals surface area contributed by atoms with Crippen LogP contribution in [0.25, 0.3) is 0 Å². The van der Waals surface area contributed by atoms with Gasteiger partial charge in [-0.3, -0.25) is 0 Å². The third-order valence-corrected chi connectivity index (χ3v) is 3.67. The van der Waals surface area contributed by atoms with Gasteiger partial charge in [0.2, 0.25) is 0 Å². The van der Waals surface area contributed by atoms with Crippen LogP contribution in [0.4, 0.5) is 0 Å². The molecule has 0 radical (unpaired) electrons. The average molecular weight is 254 g/mol. The van der Waals surface area contributed by atoms with E-state index in [1.54, 1.807) is 0 Å². The predicted octanol–water partition coefficient (Wildman–Crippen LogP) is 3.76. The van der Waals surface area contributed by atoms with Crippen LogP contribution < -0.4 is 10.5 Å². The molecule has 1 saturated carbocycles. The highest BCUT2D eigenvalue weighted by Gasteiger charge is 2.21. The first-order chi connectivity index (χ1) is 8.19. The highest BCUT2D eigenvalue weighted by atomic mass is 35.5. The minimum absolute atomic E-state index is 0.322. The number of nitrogens with two attached hydrogens (primary N) is 1. The summed E-state index contributed by atoms with van der Waals surface area (Å²) < 4.78 is 6.06. The Balaban J connectivity index is 2.08. The molecule has 0 saturated heterocycles. The zero-order chi connectivity index (χ0) is 12.3. The van der Waals surface area contributed by atoms with E-state index in [1.165, 1.54) is 12.8 Å². The van der Waals surface area contributed by atoms with Crippen molar-refractivity contribution in [3.8, 4) is 5.75 Å². The summed E-state index contributed by atoms with van der Waals surface area (Å²) in [5, 5.41) is 0.709. The molecular weight excluding hydrogens is 234 g/mol. The maximum Gasteiger partial charge on any atom is 0.125 e. The average Bonchev–Trinajstić information content (AvgIpc) is 2.29. The quantitative estimate of drug-likeness (QED) is 0.890. The van der Waals surface area contributed by atoms with E-state index in [-0.39, 0.29) is 0 Å². The fraction of sp³-hybridized carbons (Fsp3) is 0.571. The van der Waals surface area contributed by atoms with Crippen molar-refractivity contribution >= 4 is 11.6 Å². The first-order valence-corrected chi connectivity index (χ1v) is 6.72. The Kier molecular flexibility index (Phi) is 4.30. The molecule has 2 nitrogen and oxygen atoms in total. The molecule has 3 heteroatoms. The summed E-state index contributed by atoms with van der Waals surface area (Å²) in [7, 11) is 0. The summed E-state index contributed by atoms with van der Waals surface area (Å²) in [4.78, 5) is 0. The molecule has 2 N–H and O–H groups in total. The molecule has 1 aromatic carbocycles. The first kappa shape index (κ1) is 12.7. The second-order valence-electron chi connectivity index (χ2n) is 4.97. The lowest BCUT2D eigenvalue weighted by atomic mass is 9.88. The summed E-state index contributed by atoms with van der Waals surface area (Å²) in [6.45, 7) is 2.78. The van der Waals surface area contributed by atoms with E-state index in [2.05, 4.69) is 6.92 Å². The number of halogens is 1. The minimum Gasteiger partial charge on any atom is -0.490 e. The van der Waals surface area contributed by atoms with Gasteiger partial charge in [0.1, 0.15) is 5.75 Å². The Labute approximate surface area is 108 Å². The Morgan fingerprint density at radius 1 is 1.41 bits per heavy atom. The van der Waals surface area contributed by atoms with Crippen molar-refractivity contribution in [2.75, 3.05) is 0 Å². The van der Waals surface area contributed by atoms with Crippen molar-refractivity contribution in [2.24, 2.45) is 11.7 Å². The van der Waals surface area contributed by atoms with Crippen LogP contribution in [0.15, 0.2) is 18.2 Å². The predicted molar refractivity (Wildman–Crippen MR) is 71.4 cm³/mol. The van der Waals surface area contributed by atoms with Gasteiger partial charge in [0, 0.05) is 17.1 Å². The van der Waals surface area contributed by atoms with Gasteiger partial charge in [-0.1, -0.05) is 31.0 Å². The lowest BCUT2D eigenvalue weighted by Crippen LogP contribution is -2.24. The molecule has 2 rings (SSSR count). The normalized spacial score (nSPS) is 24.6. The number of hydrogen-bond acceptors (Lipinski definition) is 2. The molecule has 0 aliphatic heterocycles. The molecule has 2 unspecified atom stereocenters. The minimum atomic E-state index is 0.322. The van der Waals surface area contributed by atoms with Crippen LogP contribution in [0.5, 0.6) is 5.75 Å². The molecule has 1 aliphatic rings. The van der Waals surface area contributed by atoms with Gasteiger partial charge in [0.15, 0.2) is 0 Å². The van der Waals surface area contributed by atoms with Crippen molar-refractivity contribution in [3.05, 3.63) is 28.8 Å². The third-order valence-electron chi connectivity index (χ3n) is 3.43. The Morgan fingerprint density at radius 2 is 2.24 bits per heavy atom. The van der Waals surface area contributed by atoms with Gasteiger partial charge in [-0.05, 0) is 37.3 Å². The summed E-state index contributed by atoms with van der Waals surface area (Å²) in [5.41, 5.74) is 6.74. The first-order valence-electron chi connectivity index (χ1n) is 6.34. The molecule has 94 valence electrons. The van der Waals surface area contributed by atoms with Crippen molar-refractivity contribution < 1.29 is 4.74 Å². The molecule has 0 spiro atoms. The molecule has 17 heavy (non-hydrogen) atoms. The van der Waals surface area contributed by atoms with E-state index in [4.69, 9.17) is 22.1 Å². The molecule has 1 aliphatic carbocycles. The van der Waals surface area contributed by atoms with Crippen molar-refractivity contribution in [3.63, 3.8) is 0 Å². The summed E-state index contributed by atoms with van der Waals surface area (Å²) >= 11 is 6.00. The number of ether oxygens (including phenoxy) is 1. The van der Waals surface area contributed by atoms with E-state index >= 15 is 0 Å². The lowest BCUT2D eigenvalue weighted by Gasteiger charge is -2.28. The summed E-state index contributed by atoms with van der Waals surface area (Å²) in [5.74, 6) is 1.62. The van der Waals surface area contributed by atoms with Crippen LogP contribution in [0.2, 0.25) is 5.02 Å². The van der Waals surface area contributed by atoms with Gasteiger partial charge in [-0.25, -0.2) is 0 Å². The maximum absolute atomic E-state index is 6.06. The number of rotatable bonds is 3. The zero-order valence-corrected chi connectivity index (χ0v) is 11.0. The zero-order valence-electron chi connectivity index (χ0n) is 10.3. The van der Waals surface area contributed by atoms with E-state index in [1.807, 2.05) is 18.2 Å². The van der Waals surface area contributed by atoms with E-state index in [0.29, 0.717) is 17.7 Å². The molecule has 2 atom stereocenters. The van der Waals surface area contributed by atoms with E-state index < -0.39 is 0 Å². The monoisotopic (exact) mass is 253 g/mol. The number of benzene rings is 1. The summed E-state index contributed by atoms with van der Waals surface area (Å²) in [6.07, 6.45) is 5.17. The lowest BCUT2D eigenvalue weighted by molar-refractivity contribution is 0.128. The highest BCUT2D eigenvalue weighted by molar-refractivity contribution is 6.30. The van der Waals surface area contributed by atoms with E-state index in [9.17, 15) is 0 Å². The maximum atomic E-state index is 6.06. The second-order valence-corrected chi connectivity index (χ2v) is 5.40. The Bertz CT molecular complexity index is 380. The molecule has 0 heterocycles.